The second kappa shape index (κ2) is 5.67. The average Bonchev–Trinajstić information content (AvgIpc) is 2.19. The lowest BCUT2D eigenvalue weighted by Gasteiger charge is -2.08. The van der Waals surface area contributed by atoms with Crippen LogP contribution in [-0.2, 0) is 4.74 Å². The SMILES string of the molecule is COCCCNc1nccc(Cl)c1N. The summed E-state index contributed by atoms with van der Waals surface area (Å²) in [5, 5.41) is 3.61. The quantitative estimate of drug-likeness (QED) is 0.735. The summed E-state index contributed by atoms with van der Waals surface area (Å²) in [7, 11) is 1.67. The number of anilines is 2. The van der Waals surface area contributed by atoms with E-state index >= 15 is 0 Å². The summed E-state index contributed by atoms with van der Waals surface area (Å²) in [6, 6.07) is 1.66. The zero-order valence-corrected chi connectivity index (χ0v) is 8.84. The molecule has 5 heteroatoms. The molecule has 0 amide bonds. The van der Waals surface area contributed by atoms with E-state index in [1.54, 1.807) is 19.4 Å². The number of nitrogens with one attached hydrogen (secondary N) is 1. The Kier molecular flexibility index (Phi) is 4.49. The predicted octanol–water partition coefficient (Wildman–Crippen LogP) is 1.77. The molecule has 14 heavy (non-hydrogen) atoms. The van der Waals surface area contributed by atoms with Crippen LogP contribution in [0.2, 0.25) is 5.02 Å². The molecule has 0 atom stereocenters. The second-order valence-electron chi connectivity index (χ2n) is 2.83. The highest BCUT2D eigenvalue weighted by atomic mass is 35.5. The Morgan fingerprint density at radius 2 is 2.43 bits per heavy atom. The monoisotopic (exact) mass is 215 g/mol. The molecule has 78 valence electrons. The van der Waals surface area contributed by atoms with Gasteiger partial charge in [0, 0.05) is 26.5 Å². The smallest absolute Gasteiger partial charge is 0.150 e. The summed E-state index contributed by atoms with van der Waals surface area (Å²) in [5.41, 5.74) is 6.20. The maximum absolute atomic E-state index is 5.82. The molecule has 0 aliphatic heterocycles. The molecule has 1 rings (SSSR count). The van der Waals surface area contributed by atoms with Gasteiger partial charge in [-0.15, -0.1) is 0 Å². The number of methoxy groups -OCH3 is 1. The Labute approximate surface area is 88.4 Å². The summed E-state index contributed by atoms with van der Waals surface area (Å²) in [4.78, 5) is 4.08. The highest BCUT2D eigenvalue weighted by Gasteiger charge is 2.02. The van der Waals surface area contributed by atoms with Gasteiger partial charge in [0.15, 0.2) is 5.82 Å². The first kappa shape index (κ1) is 11.1. The third kappa shape index (κ3) is 3.05. The van der Waals surface area contributed by atoms with Crippen molar-refractivity contribution in [3.05, 3.63) is 17.3 Å². The van der Waals surface area contributed by atoms with Gasteiger partial charge in [-0.1, -0.05) is 11.6 Å². The van der Waals surface area contributed by atoms with E-state index < -0.39 is 0 Å². The van der Waals surface area contributed by atoms with Crippen LogP contribution < -0.4 is 11.1 Å². The van der Waals surface area contributed by atoms with E-state index in [1.165, 1.54) is 0 Å². The van der Waals surface area contributed by atoms with Crippen molar-refractivity contribution in [3.63, 3.8) is 0 Å². The Hall–Kier alpha value is -1.00. The van der Waals surface area contributed by atoms with E-state index in [0.717, 1.165) is 13.0 Å². The molecule has 0 radical (unpaired) electrons. The van der Waals surface area contributed by atoms with Gasteiger partial charge in [-0.3, -0.25) is 0 Å². The molecule has 0 bridgehead atoms. The molecule has 0 aliphatic rings. The van der Waals surface area contributed by atoms with Crippen molar-refractivity contribution in [2.24, 2.45) is 0 Å². The lowest BCUT2D eigenvalue weighted by atomic mass is 10.3. The van der Waals surface area contributed by atoms with Crippen molar-refractivity contribution in [1.29, 1.82) is 0 Å². The number of pyridine rings is 1. The van der Waals surface area contributed by atoms with Crippen molar-refractivity contribution in [1.82, 2.24) is 4.98 Å². The van der Waals surface area contributed by atoms with Crippen LogP contribution in [0.1, 0.15) is 6.42 Å². The van der Waals surface area contributed by atoms with Gasteiger partial charge in [0.2, 0.25) is 0 Å². The number of nitrogen functional groups attached to an aromatic ring is 1. The molecule has 0 spiro atoms. The van der Waals surface area contributed by atoms with E-state index in [4.69, 9.17) is 22.1 Å². The van der Waals surface area contributed by atoms with E-state index in [9.17, 15) is 0 Å². The molecule has 0 fully saturated rings. The molecule has 0 aromatic carbocycles. The Morgan fingerprint density at radius 3 is 3.14 bits per heavy atom. The van der Waals surface area contributed by atoms with E-state index in [2.05, 4.69) is 10.3 Å². The Bertz CT molecular complexity index is 293. The van der Waals surface area contributed by atoms with Crippen LogP contribution in [0.4, 0.5) is 11.5 Å². The van der Waals surface area contributed by atoms with Gasteiger partial charge >= 0.3 is 0 Å². The van der Waals surface area contributed by atoms with Crippen molar-refractivity contribution < 1.29 is 4.74 Å². The molecule has 1 aromatic rings. The highest BCUT2D eigenvalue weighted by Crippen LogP contribution is 2.23. The summed E-state index contributed by atoms with van der Waals surface area (Å²) in [5.74, 6) is 0.633. The minimum atomic E-state index is 0.492. The molecule has 0 aliphatic carbocycles. The highest BCUT2D eigenvalue weighted by molar-refractivity contribution is 6.33. The Balaban J connectivity index is 2.46. The summed E-state index contributed by atoms with van der Waals surface area (Å²) >= 11 is 5.82. The number of halogens is 1. The number of aromatic nitrogens is 1. The third-order valence-corrected chi connectivity index (χ3v) is 2.08. The van der Waals surface area contributed by atoms with Gasteiger partial charge in [0.05, 0.1) is 10.7 Å². The molecule has 0 saturated heterocycles. The van der Waals surface area contributed by atoms with Crippen LogP contribution in [0.25, 0.3) is 0 Å². The van der Waals surface area contributed by atoms with Gasteiger partial charge < -0.3 is 15.8 Å². The molecule has 1 heterocycles. The normalized spacial score (nSPS) is 10.1. The third-order valence-electron chi connectivity index (χ3n) is 1.75. The lowest BCUT2D eigenvalue weighted by Crippen LogP contribution is -2.08. The first-order valence-electron chi connectivity index (χ1n) is 4.38. The molecular weight excluding hydrogens is 202 g/mol. The standard InChI is InChI=1S/C9H14ClN3O/c1-14-6-2-4-12-9-8(11)7(10)3-5-13-9/h3,5H,2,4,6,11H2,1H3,(H,12,13). The van der Waals surface area contributed by atoms with E-state index in [1.807, 2.05) is 0 Å². The number of nitrogens with two attached hydrogens (primary N) is 1. The molecule has 3 N–H and O–H groups in total. The fourth-order valence-electron chi connectivity index (χ4n) is 1.01. The first-order valence-corrected chi connectivity index (χ1v) is 4.76. The molecule has 0 saturated carbocycles. The lowest BCUT2D eigenvalue weighted by molar-refractivity contribution is 0.198. The number of hydrogen-bond acceptors (Lipinski definition) is 4. The number of ether oxygens (including phenoxy) is 1. The largest absolute Gasteiger partial charge is 0.395 e. The van der Waals surface area contributed by atoms with Crippen LogP contribution in [0, 0.1) is 0 Å². The fourth-order valence-corrected chi connectivity index (χ4v) is 1.16. The van der Waals surface area contributed by atoms with Gasteiger partial charge in [-0.25, -0.2) is 4.98 Å². The topological polar surface area (TPSA) is 60.2 Å². The van der Waals surface area contributed by atoms with Gasteiger partial charge in [-0.2, -0.15) is 0 Å². The van der Waals surface area contributed by atoms with Crippen molar-refractivity contribution in [2.75, 3.05) is 31.3 Å². The van der Waals surface area contributed by atoms with Crippen molar-refractivity contribution in [3.8, 4) is 0 Å². The first-order chi connectivity index (χ1) is 6.75. The Morgan fingerprint density at radius 1 is 1.64 bits per heavy atom. The van der Waals surface area contributed by atoms with Gasteiger partial charge in [0.1, 0.15) is 0 Å². The number of rotatable bonds is 5. The minimum absolute atomic E-state index is 0.492. The fraction of sp³-hybridized carbons (Fsp3) is 0.444. The zero-order chi connectivity index (χ0) is 10.4. The summed E-state index contributed by atoms with van der Waals surface area (Å²) in [6.45, 7) is 1.48. The molecule has 4 nitrogen and oxygen atoms in total. The van der Waals surface area contributed by atoms with Crippen molar-refractivity contribution in [2.45, 2.75) is 6.42 Å². The van der Waals surface area contributed by atoms with Crippen LogP contribution in [0.15, 0.2) is 12.3 Å². The average molecular weight is 216 g/mol. The van der Waals surface area contributed by atoms with Crippen LogP contribution in [-0.4, -0.2) is 25.2 Å². The summed E-state index contributed by atoms with van der Waals surface area (Å²) < 4.78 is 4.92. The van der Waals surface area contributed by atoms with Crippen LogP contribution in [0.3, 0.4) is 0 Å². The predicted molar refractivity (Wildman–Crippen MR) is 58.6 cm³/mol. The van der Waals surface area contributed by atoms with E-state index in [-0.39, 0.29) is 0 Å². The van der Waals surface area contributed by atoms with Gasteiger partial charge in [-0.05, 0) is 12.5 Å². The second-order valence-corrected chi connectivity index (χ2v) is 3.24. The molecule has 0 unspecified atom stereocenters. The molecule has 1 aromatic heterocycles. The summed E-state index contributed by atoms with van der Waals surface area (Å²) in [6.07, 6.45) is 2.53. The van der Waals surface area contributed by atoms with Gasteiger partial charge in [0.25, 0.3) is 0 Å². The number of hydrogen-bond donors (Lipinski definition) is 2. The number of nitrogens with zero attached hydrogens (tertiary/aromatic N) is 1. The maximum Gasteiger partial charge on any atom is 0.150 e. The van der Waals surface area contributed by atoms with E-state index in [0.29, 0.717) is 23.1 Å². The minimum Gasteiger partial charge on any atom is -0.395 e. The zero-order valence-electron chi connectivity index (χ0n) is 8.09. The van der Waals surface area contributed by atoms with Crippen LogP contribution >= 0.6 is 11.6 Å². The van der Waals surface area contributed by atoms with Crippen LogP contribution in [0.5, 0.6) is 0 Å². The van der Waals surface area contributed by atoms with Crippen molar-refractivity contribution >= 4 is 23.1 Å². The molecular formula is C9H14ClN3O. The maximum atomic E-state index is 5.82.